The molecule has 0 atom stereocenters. The third-order valence-corrected chi connectivity index (χ3v) is 5.73. The number of amides is 3. The van der Waals surface area contributed by atoms with Gasteiger partial charge in [-0.3, -0.25) is 19.3 Å². The Morgan fingerprint density at radius 3 is 2.42 bits per heavy atom. The minimum absolute atomic E-state index is 0.0140. The molecule has 0 unspecified atom stereocenters. The summed E-state index contributed by atoms with van der Waals surface area (Å²) >= 11 is 0.630. The van der Waals surface area contributed by atoms with Crippen LogP contribution in [0.15, 0.2) is 54.0 Å². The molecule has 3 rings (SSSR count). The predicted molar refractivity (Wildman–Crippen MR) is 128 cm³/mol. The highest BCUT2D eigenvalue weighted by molar-refractivity contribution is 8.18. The number of carbonyl (C=O) groups excluding carboxylic acids is 3. The van der Waals surface area contributed by atoms with Gasteiger partial charge in [0.2, 0.25) is 5.91 Å². The maximum atomic E-state index is 13.0. The fourth-order valence-electron chi connectivity index (χ4n) is 3.14. The Hall–Kier alpha value is -3.93. The van der Waals surface area contributed by atoms with E-state index in [0.29, 0.717) is 39.8 Å². The minimum Gasteiger partial charge on any atom is -0.495 e. The van der Waals surface area contributed by atoms with Crippen molar-refractivity contribution in [3.8, 4) is 17.2 Å². The molecule has 190 valence electrons. The topological polar surface area (TPSA) is 94.2 Å². The van der Waals surface area contributed by atoms with Gasteiger partial charge >= 0.3 is 6.18 Å². The first kappa shape index (κ1) is 26.7. The van der Waals surface area contributed by atoms with E-state index in [-0.39, 0.29) is 22.9 Å². The maximum absolute atomic E-state index is 13.0. The molecule has 0 spiro atoms. The number of thioether (sulfide) groups is 1. The van der Waals surface area contributed by atoms with Crippen molar-refractivity contribution in [2.24, 2.45) is 0 Å². The standard InChI is InChI=1S/C24H21F3N2O6S/c1-4-9-35-18-7-5-14(10-19(18)34-3)11-20-22(31)29(23(32)36-20)13-21(30)28-16-12-15(24(25,26)27)6-8-17(16)33-2/h4-8,10-12H,1,9,13H2,2-3H3,(H,28,30)/b20-11-. The number of hydrogen-bond donors (Lipinski definition) is 1. The molecule has 1 aliphatic rings. The molecule has 1 saturated heterocycles. The van der Waals surface area contributed by atoms with Gasteiger partial charge in [0.15, 0.2) is 11.5 Å². The lowest BCUT2D eigenvalue weighted by Gasteiger charge is -2.16. The van der Waals surface area contributed by atoms with E-state index in [2.05, 4.69) is 11.9 Å². The van der Waals surface area contributed by atoms with E-state index in [1.807, 2.05) is 0 Å². The highest BCUT2D eigenvalue weighted by Crippen LogP contribution is 2.36. The van der Waals surface area contributed by atoms with Crippen molar-refractivity contribution in [2.75, 3.05) is 32.7 Å². The summed E-state index contributed by atoms with van der Waals surface area (Å²) < 4.78 is 54.9. The molecule has 36 heavy (non-hydrogen) atoms. The SMILES string of the molecule is C=CCOc1ccc(/C=C2\SC(=O)N(CC(=O)Nc3cc(C(F)(F)F)ccc3OC)C2=O)cc1OC. The van der Waals surface area contributed by atoms with Gasteiger partial charge in [0, 0.05) is 0 Å². The molecular weight excluding hydrogens is 501 g/mol. The first-order chi connectivity index (χ1) is 17.1. The van der Waals surface area contributed by atoms with Gasteiger partial charge < -0.3 is 19.5 Å². The number of hydrogen-bond acceptors (Lipinski definition) is 7. The zero-order valence-electron chi connectivity index (χ0n) is 19.2. The zero-order valence-corrected chi connectivity index (χ0v) is 20.0. The lowest BCUT2D eigenvalue weighted by atomic mass is 10.1. The third kappa shape index (κ3) is 6.19. The van der Waals surface area contributed by atoms with Gasteiger partial charge in [-0.05, 0) is 53.7 Å². The Morgan fingerprint density at radius 1 is 1.08 bits per heavy atom. The summed E-state index contributed by atoms with van der Waals surface area (Å²) in [5.41, 5.74) is -0.698. The molecular formula is C24H21F3N2O6S. The molecule has 1 heterocycles. The van der Waals surface area contributed by atoms with E-state index >= 15 is 0 Å². The fraction of sp³-hybridized carbons (Fsp3) is 0.208. The number of rotatable bonds is 9. The Labute approximate surface area is 208 Å². The number of halogens is 3. The lowest BCUT2D eigenvalue weighted by molar-refractivity contribution is -0.137. The molecule has 0 bridgehead atoms. The average Bonchev–Trinajstić information content (AvgIpc) is 3.09. The van der Waals surface area contributed by atoms with Crippen LogP contribution in [0.4, 0.5) is 23.7 Å². The molecule has 3 amide bonds. The smallest absolute Gasteiger partial charge is 0.416 e. The van der Waals surface area contributed by atoms with Crippen molar-refractivity contribution < 1.29 is 41.8 Å². The Balaban J connectivity index is 1.75. The van der Waals surface area contributed by atoms with Crippen molar-refractivity contribution in [3.05, 3.63) is 65.1 Å². The van der Waals surface area contributed by atoms with Crippen LogP contribution < -0.4 is 19.5 Å². The number of anilines is 1. The molecule has 12 heteroatoms. The molecule has 2 aromatic rings. The number of benzene rings is 2. The number of carbonyl (C=O) groups is 3. The second-order valence-corrected chi connectivity index (χ2v) is 8.23. The Morgan fingerprint density at radius 2 is 1.78 bits per heavy atom. The highest BCUT2D eigenvalue weighted by Gasteiger charge is 2.37. The molecule has 1 N–H and O–H groups in total. The van der Waals surface area contributed by atoms with Crippen LogP contribution in [0.25, 0.3) is 6.08 Å². The van der Waals surface area contributed by atoms with Gasteiger partial charge in [-0.2, -0.15) is 13.2 Å². The third-order valence-electron chi connectivity index (χ3n) is 4.82. The van der Waals surface area contributed by atoms with Gasteiger partial charge in [-0.25, -0.2) is 0 Å². The van der Waals surface area contributed by atoms with E-state index in [1.165, 1.54) is 20.3 Å². The summed E-state index contributed by atoms with van der Waals surface area (Å²) in [4.78, 5) is 38.4. The number of ether oxygens (including phenoxy) is 3. The number of methoxy groups -OCH3 is 2. The molecule has 0 aliphatic carbocycles. The Bertz CT molecular complexity index is 1230. The van der Waals surface area contributed by atoms with Crippen molar-refractivity contribution in [3.63, 3.8) is 0 Å². The first-order valence-corrected chi connectivity index (χ1v) is 11.1. The number of nitrogens with zero attached hydrogens (tertiary/aromatic N) is 1. The van der Waals surface area contributed by atoms with Crippen LogP contribution in [0.2, 0.25) is 0 Å². The summed E-state index contributed by atoms with van der Waals surface area (Å²) in [7, 11) is 2.68. The summed E-state index contributed by atoms with van der Waals surface area (Å²) in [6.45, 7) is 3.15. The van der Waals surface area contributed by atoms with Gasteiger partial charge in [-0.15, -0.1) is 0 Å². The van der Waals surface area contributed by atoms with Crippen LogP contribution >= 0.6 is 11.8 Å². The summed E-state index contributed by atoms with van der Waals surface area (Å²) in [5, 5.41) is 1.57. The molecule has 1 aliphatic heterocycles. The van der Waals surface area contributed by atoms with Gasteiger partial charge in [0.05, 0.1) is 30.4 Å². The molecule has 0 radical (unpaired) electrons. The van der Waals surface area contributed by atoms with E-state index < -0.39 is 35.3 Å². The molecule has 8 nitrogen and oxygen atoms in total. The van der Waals surface area contributed by atoms with Crippen LogP contribution in [0.3, 0.4) is 0 Å². The van der Waals surface area contributed by atoms with Gasteiger partial charge in [0.25, 0.3) is 11.1 Å². The predicted octanol–water partition coefficient (Wildman–Crippen LogP) is 4.96. The van der Waals surface area contributed by atoms with E-state index in [9.17, 15) is 27.6 Å². The number of alkyl halides is 3. The monoisotopic (exact) mass is 522 g/mol. The zero-order chi connectivity index (χ0) is 26.5. The summed E-state index contributed by atoms with van der Waals surface area (Å²) in [6.07, 6.45) is -1.61. The van der Waals surface area contributed by atoms with Crippen molar-refractivity contribution in [2.45, 2.75) is 6.18 Å². The van der Waals surface area contributed by atoms with Crippen molar-refractivity contribution >= 4 is 40.6 Å². The highest BCUT2D eigenvalue weighted by atomic mass is 32.2. The van der Waals surface area contributed by atoms with Crippen LogP contribution in [-0.2, 0) is 15.8 Å². The Kier molecular flexibility index (Phi) is 8.30. The maximum Gasteiger partial charge on any atom is 0.416 e. The van der Waals surface area contributed by atoms with Crippen molar-refractivity contribution in [1.82, 2.24) is 4.90 Å². The first-order valence-electron chi connectivity index (χ1n) is 10.3. The number of nitrogens with one attached hydrogen (secondary N) is 1. The second kappa shape index (κ2) is 11.2. The van der Waals surface area contributed by atoms with E-state index in [1.54, 1.807) is 24.3 Å². The molecule has 1 fully saturated rings. The van der Waals surface area contributed by atoms with Crippen LogP contribution in [-0.4, -0.2) is 49.3 Å². The summed E-state index contributed by atoms with van der Waals surface area (Å²) in [6, 6.07) is 7.47. The fourth-order valence-corrected chi connectivity index (χ4v) is 3.98. The van der Waals surface area contributed by atoms with Crippen molar-refractivity contribution in [1.29, 1.82) is 0 Å². The minimum atomic E-state index is -4.64. The largest absolute Gasteiger partial charge is 0.495 e. The number of imide groups is 1. The van der Waals surface area contributed by atoms with Crippen LogP contribution in [0.5, 0.6) is 17.2 Å². The van der Waals surface area contributed by atoms with Crippen LogP contribution in [0.1, 0.15) is 11.1 Å². The van der Waals surface area contributed by atoms with E-state index in [4.69, 9.17) is 14.2 Å². The molecule has 0 aromatic heterocycles. The van der Waals surface area contributed by atoms with Gasteiger partial charge in [0.1, 0.15) is 18.9 Å². The quantitative estimate of drug-likeness (QED) is 0.367. The lowest BCUT2D eigenvalue weighted by Crippen LogP contribution is -2.36. The van der Waals surface area contributed by atoms with E-state index in [0.717, 1.165) is 12.1 Å². The van der Waals surface area contributed by atoms with Gasteiger partial charge in [-0.1, -0.05) is 18.7 Å². The normalized spacial score (nSPS) is 14.7. The van der Waals surface area contributed by atoms with Crippen LogP contribution in [0, 0.1) is 0 Å². The molecule has 2 aromatic carbocycles. The molecule has 0 saturated carbocycles. The average molecular weight is 523 g/mol. The summed E-state index contributed by atoms with van der Waals surface area (Å²) in [5.74, 6) is -0.743. The second-order valence-electron chi connectivity index (χ2n) is 7.24.